The summed E-state index contributed by atoms with van der Waals surface area (Å²) in [5.41, 5.74) is 0. The highest BCUT2D eigenvalue weighted by atomic mass is 16.1. The van der Waals surface area contributed by atoms with Crippen LogP contribution in [0.4, 0.5) is 0 Å². The van der Waals surface area contributed by atoms with Crippen molar-refractivity contribution in [2.75, 3.05) is 26.7 Å². The molecule has 23 heavy (non-hydrogen) atoms. The zero-order chi connectivity index (χ0) is 16.7. The minimum atomic E-state index is 0.179. The molecule has 1 saturated heterocycles. The highest BCUT2D eigenvalue weighted by Crippen LogP contribution is 2.18. The maximum Gasteiger partial charge on any atom is 0.220 e. The van der Waals surface area contributed by atoms with Gasteiger partial charge in [0.25, 0.3) is 0 Å². The molecule has 0 aromatic rings. The Hall–Kier alpha value is -1.30. The van der Waals surface area contributed by atoms with E-state index in [1.807, 2.05) is 0 Å². The summed E-state index contributed by atoms with van der Waals surface area (Å²) < 4.78 is 0. The Bertz CT molecular complexity index is 398. The Kier molecular flexibility index (Phi) is 7.15. The summed E-state index contributed by atoms with van der Waals surface area (Å²) in [6.45, 7) is 7.59. The first-order valence-electron chi connectivity index (χ1n) is 9.09. The van der Waals surface area contributed by atoms with Crippen molar-refractivity contribution in [2.24, 2.45) is 4.99 Å². The molecule has 2 rings (SSSR count). The van der Waals surface area contributed by atoms with Gasteiger partial charge < -0.3 is 20.9 Å². The lowest BCUT2D eigenvalue weighted by Crippen LogP contribution is -2.50. The molecule has 0 aromatic carbocycles. The molecule has 1 saturated carbocycles. The Morgan fingerprint density at radius 1 is 1.13 bits per heavy atom. The first-order chi connectivity index (χ1) is 11.1. The number of carbonyl (C=O) groups is 1. The Morgan fingerprint density at radius 2 is 1.78 bits per heavy atom. The van der Waals surface area contributed by atoms with Gasteiger partial charge in [-0.1, -0.05) is 0 Å². The van der Waals surface area contributed by atoms with Crippen LogP contribution in [0.5, 0.6) is 0 Å². The second kappa shape index (κ2) is 9.11. The van der Waals surface area contributed by atoms with Crippen molar-refractivity contribution in [3.8, 4) is 0 Å². The van der Waals surface area contributed by atoms with Gasteiger partial charge in [0.2, 0.25) is 5.91 Å². The number of likely N-dealkylation sites (tertiary alicyclic amines) is 1. The number of rotatable bonds is 7. The van der Waals surface area contributed by atoms with E-state index >= 15 is 0 Å². The summed E-state index contributed by atoms with van der Waals surface area (Å²) in [4.78, 5) is 18.4. The maximum absolute atomic E-state index is 11.6. The van der Waals surface area contributed by atoms with E-state index in [9.17, 15) is 4.79 Å². The Labute approximate surface area is 140 Å². The second-order valence-electron chi connectivity index (χ2n) is 6.99. The first-order valence-corrected chi connectivity index (χ1v) is 9.09. The van der Waals surface area contributed by atoms with Crippen LogP contribution in [0.3, 0.4) is 0 Å². The van der Waals surface area contributed by atoms with Crippen LogP contribution >= 0.6 is 0 Å². The van der Waals surface area contributed by atoms with Crippen LogP contribution in [-0.4, -0.2) is 61.6 Å². The number of amides is 1. The first kappa shape index (κ1) is 18.0. The molecule has 2 aliphatic rings. The summed E-state index contributed by atoms with van der Waals surface area (Å²) in [6.07, 6.45) is 6.04. The van der Waals surface area contributed by atoms with Crippen LogP contribution in [-0.2, 0) is 4.79 Å². The Morgan fingerprint density at radius 3 is 2.35 bits per heavy atom. The molecule has 6 heteroatoms. The predicted molar refractivity (Wildman–Crippen MR) is 94.6 cm³/mol. The van der Waals surface area contributed by atoms with E-state index in [-0.39, 0.29) is 5.91 Å². The summed E-state index contributed by atoms with van der Waals surface area (Å²) in [7, 11) is 1.80. The molecule has 3 N–H and O–H groups in total. The fraction of sp³-hybridized carbons (Fsp3) is 0.882. The van der Waals surface area contributed by atoms with Crippen molar-refractivity contribution >= 4 is 11.9 Å². The molecular formula is C17H33N5O. The summed E-state index contributed by atoms with van der Waals surface area (Å²) in [5.74, 6) is 1.04. The molecule has 0 spiro atoms. The third-order valence-corrected chi connectivity index (χ3v) is 4.64. The van der Waals surface area contributed by atoms with Crippen molar-refractivity contribution < 1.29 is 4.79 Å². The van der Waals surface area contributed by atoms with Crippen LogP contribution in [0.25, 0.3) is 0 Å². The van der Waals surface area contributed by atoms with E-state index in [0.29, 0.717) is 24.5 Å². The number of nitrogens with zero attached hydrogens (tertiary/aromatic N) is 2. The monoisotopic (exact) mass is 323 g/mol. The van der Waals surface area contributed by atoms with Crippen LogP contribution in [0.1, 0.15) is 52.4 Å². The lowest BCUT2D eigenvalue weighted by Gasteiger charge is -2.35. The molecule has 0 radical (unpaired) electrons. The lowest BCUT2D eigenvalue weighted by atomic mass is 10.0. The van der Waals surface area contributed by atoms with Crippen LogP contribution in [0.2, 0.25) is 0 Å². The van der Waals surface area contributed by atoms with Crippen molar-refractivity contribution in [1.82, 2.24) is 20.9 Å². The van der Waals surface area contributed by atoms with Gasteiger partial charge in [-0.15, -0.1) is 0 Å². The zero-order valence-corrected chi connectivity index (χ0v) is 14.9. The number of hydrogen-bond donors (Lipinski definition) is 3. The van der Waals surface area contributed by atoms with Gasteiger partial charge in [-0.3, -0.25) is 9.79 Å². The van der Waals surface area contributed by atoms with Gasteiger partial charge in [0.05, 0.1) is 0 Å². The second-order valence-corrected chi connectivity index (χ2v) is 6.99. The molecule has 0 bridgehead atoms. The number of guanidine groups is 1. The van der Waals surface area contributed by atoms with Crippen molar-refractivity contribution in [3.05, 3.63) is 0 Å². The van der Waals surface area contributed by atoms with Gasteiger partial charge in [0.15, 0.2) is 5.96 Å². The molecule has 1 amide bonds. The highest BCUT2D eigenvalue weighted by Gasteiger charge is 2.23. The SMILES string of the molecule is CN=C(NCCCC(=O)NC1CC1)NC1CCN(C(C)C)CC1. The summed E-state index contributed by atoms with van der Waals surface area (Å²) in [5, 5.41) is 9.85. The quantitative estimate of drug-likeness (QED) is 0.373. The topological polar surface area (TPSA) is 68.8 Å². The average Bonchev–Trinajstić information content (AvgIpc) is 3.34. The molecule has 2 fully saturated rings. The minimum Gasteiger partial charge on any atom is -0.356 e. The van der Waals surface area contributed by atoms with E-state index in [1.54, 1.807) is 7.05 Å². The van der Waals surface area contributed by atoms with E-state index in [1.165, 1.54) is 0 Å². The molecule has 0 unspecified atom stereocenters. The maximum atomic E-state index is 11.6. The molecule has 0 aromatic heterocycles. The fourth-order valence-electron chi connectivity index (χ4n) is 2.93. The smallest absolute Gasteiger partial charge is 0.220 e. The molecule has 1 heterocycles. The van der Waals surface area contributed by atoms with Crippen molar-refractivity contribution in [3.63, 3.8) is 0 Å². The van der Waals surface area contributed by atoms with E-state index in [0.717, 1.165) is 57.7 Å². The van der Waals surface area contributed by atoms with Crippen molar-refractivity contribution in [1.29, 1.82) is 0 Å². The van der Waals surface area contributed by atoms with Gasteiger partial charge in [0.1, 0.15) is 0 Å². The molecule has 132 valence electrons. The summed E-state index contributed by atoms with van der Waals surface area (Å²) >= 11 is 0. The fourth-order valence-corrected chi connectivity index (χ4v) is 2.93. The van der Waals surface area contributed by atoms with Crippen LogP contribution in [0, 0.1) is 0 Å². The Balaban J connectivity index is 1.57. The van der Waals surface area contributed by atoms with E-state index in [2.05, 4.69) is 39.7 Å². The molecule has 1 aliphatic carbocycles. The molecule has 6 nitrogen and oxygen atoms in total. The zero-order valence-electron chi connectivity index (χ0n) is 14.9. The number of carbonyl (C=O) groups excluding carboxylic acids is 1. The molecule has 0 atom stereocenters. The number of piperidine rings is 1. The van der Waals surface area contributed by atoms with Crippen LogP contribution < -0.4 is 16.0 Å². The number of nitrogens with one attached hydrogen (secondary N) is 3. The minimum absolute atomic E-state index is 0.179. The normalized spacial score (nSPS) is 20.6. The predicted octanol–water partition coefficient (Wildman–Crippen LogP) is 1.08. The molecular weight excluding hydrogens is 290 g/mol. The van der Waals surface area contributed by atoms with Crippen LogP contribution in [0.15, 0.2) is 4.99 Å². The average molecular weight is 323 g/mol. The third kappa shape index (κ3) is 6.77. The van der Waals surface area contributed by atoms with Gasteiger partial charge in [-0.25, -0.2) is 0 Å². The van der Waals surface area contributed by atoms with E-state index in [4.69, 9.17) is 0 Å². The largest absolute Gasteiger partial charge is 0.356 e. The number of hydrogen-bond acceptors (Lipinski definition) is 3. The van der Waals surface area contributed by atoms with Gasteiger partial charge in [0, 0.05) is 51.2 Å². The highest BCUT2D eigenvalue weighted by molar-refractivity contribution is 5.80. The summed E-state index contributed by atoms with van der Waals surface area (Å²) in [6, 6.07) is 1.59. The standard InChI is InChI=1S/C17H33N5O/c1-13(2)22-11-8-15(9-12-22)21-17(18-3)19-10-4-5-16(23)20-14-6-7-14/h13-15H,4-12H2,1-3H3,(H,20,23)(H2,18,19,21). The van der Waals surface area contributed by atoms with Gasteiger partial charge in [-0.2, -0.15) is 0 Å². The van der Waals surface area contributed by atoms with E-state index < -0.39 is 0 Å². The molecule has 1 aliphatic heterocycles. The number of aliphatic imine (C=N–C) groups is 1. The lowest BCUT2D eigenvalue weighted by molar-refractivity contribution is -0.121. The van der Waals surface area contributed by atoms with Gasteiger partial charge in [-0.05, 0) is 46.0 Å². The van der Waals surface area contributed by atoms with Gasteiger partial charge >= 0.3 is 0 Å². The van der Waals surface area contributed by atoms with Crippen molar-refractivity contribution in [2.45, 2.75) is 70.5 Å². The third-order valence-electron chi connectivity index (χ3n) is 4.64.